The largest absolute Gasteiger partial charge is 0.493 e. The number of alkyl halides is 3. The van der Waals surface area contributed by atoms with Crippen LogP contribution in [0.2, 0.25) is 5.02 Å². The van der Waals surface area contributed by atoms with Crippen molar-refractivity contribution < 1.29 is 27.4 Å². The van der Waals surface area contributed by atoms with Crippen LogP contribution >= 0.6 is 23.4 Å². The van der Waals surface area contributed by atoms with Crippen molar-refractivity contribution in [3.05, 3.63) is 93.3 Å². The SMILES string of the molecule is COc1cc(C=C2SC(=Nc3ccccc3C(F)(F)F)NC2=O)ccc1OCc1ccc(Cl)cc1. The van der Waals surface area contributed by atoms with E-state index in [0.29, 0.717) is 28.7 Å². The number of hydrogen-bond donors (Lipinski definition) is 1. The molecule has 0 atom stereocenters. The fourth-order valence-corrected chi connectivity index (χ4v) is 4.15. The highest BCUT2D eigenvalue weighted by Crippen LogP contribution is 2.38. The number of rotatable bonds is 6. The number of nitrogens with zero attached hydrogens (tertiary/aromatic N) is 1. The van der Waals surface area contributed by atoms with Crippen LogP contribution in [-0.4, -0.2) is 18.2 Å². The van der Waals surface area contributed by atoms with Crippen molar-refractivity contribution in [3.63, 3.8) is 0 Å². The number of carbonyl (C=O) groups is 1. The van der Waals surface area contributed by atoms with E-state index >= 15 is 0 Å². The minimum absolute atomic E-state index is 0.0628. The van der Waals surface area contributed by atoms with Crippen LogP contribution in [0.5, 0.6) is 11.5 Å². The number of ether oxygens (including phenoxy) is 2. The van der Waals surface area contributed by atoms with Gasteiger partial charge in [0.1, 0.15) is 6.61 Å². The number of halogens is 4. The van der Waals surface area contributed by atoms with Gasteiger partial charge in [-0.2, -0.15) is 13.2 Å². The molecule has 0 aromatic heterocycles. The molecule has 1 saturated heterocycles. The van der Waals surface area contributed by atoms with E-state index in [-0.39, 0.29) is 15.8 Å². The van der Waals surface area contributed by atoms with Gasteiger partial charge in [0.15, 0.2) is 16.7 Å². The van der Waals surface area contributed by atoms with Gasteiger partial charge in [0.25, 0.3) is 5.91 Å². The molecule has 3 aromatic rings. The van der Waals surface area contributed by atoms with E-state index in [2.05, 4.69) is 10.3 Å². The normalized spacial score (nSPS) is 16.0. The molecule has 10 heteroatoms. The van der Waals surface area contributed by atoms with Crippen LogP contribution in [0.3, 0.4) is 0 Å². The third-order valence-electron chi connectivity index (χ3n) is 4.88. The van der Waals surface area contributed by atoms with Gasteiger partial charge in [0.2, 0.25) is 0 Å². The van der Waals surface area contributed by atoms with E-state index in [4.69, 9.17) is 21.1 Å². The first-order valence-electron chi connectivity index (χ1n) is 10.2. The van der Waals surface area contributed by atoms with E-state index in [0.717, 1.165) is 23.4 Å². The van der Waals surface area contributed by atoms with Gasteiger partial charge in [-0.25, -0.2) is 4.99 Å². The summed E-state index contributed by atoms with van der Waals surface area (Å²) in [5.41, 5.74) is 0.433. The smallest absolute Gasteiger partial charge is 0.418 e. The van der Waals surface area contributed by atoms with Crippen LogP contribution in [0, 0.1) is 0 Å². The summed E-state index contributed by atoms with van der Waals surface area (Å²) >= 11 is 6.85. The molecule has 1 aliphatic heterocycles. The third-order valence-corrected chi connectivity index (χ3v) is 6.04. The number of para-hydroxylation sites is 1. The first-order chi connectivity index (χ1) is 16.7. The van der Waals surface area contributed by atoms with Crippen LogP contribution < -0.4 is 14.8 Å². The predicted octanol–water partition coefficient (Wildman–Crippen LogP) is 6.84. The third kappa shape index (κ3) is 6.17. The van der Waals surface area contributed by atoms with Gasteiger partial charge in [0.05, 0.1) is 23.3 Å². The number of carbonyl (C=O) groups excluding carboxylic acids is 1. The maximum atomic E-state index is 13.2. The maximum Gasteiger partial charge on any atom is 0.418 e. The first-order valence-corrected chi connectivity index (χ1v) is 11.4. The van der Waals surface area contributed by atoms with Gasteiger partial charge in [-0.05, 0) is 65.4 Å². The van der Waals surface area contributed by atoms with Crippen molar-refractivity contribution in [3.8, 4) is 11.5 Å². The Labute approximate surface area is 208 Å². The fraction of sp³-hybridized carbons (Fsp3) is 0.120. The summed E-state index contributed by atoms with van der Waals surface area (Å²) in [4.78, 5) is 16.7. The van der Waals surface area contributed by atoms with E-state index < -0.39 is 17.6 Å². The summed E-state index contributed by atoms with van der Waals surface area (Å²) in [6, 6.07) is 17.4. The van der Waals surface area contributed by atoms with Gasteiger partial charge in [-0.15, -0.1) is 0 Å². The highest BCUT2D eigenvalue weighted by atomic mass is 35.5. The fourth-order valence-electron chi connectivity index (χ4n) is 3.19. The molecule has 3 aromatic carbocycles. The Hall–Kier alpha value is -3.43. The highest BCUT2D eigenvalue weighted by Gasteiger charge is 2.34. The second kappa shape index (κ2) is 10.5. The van der Waals surface area contributed by atoms with Gasteiger partial charge >= 0.3 is 6.18 Å². The van der Waals surface area contributed by atoms with Crippen molar-refractivity contribution in [2.75, 3.05) is 7.11 Å². The van der Waals surface area contributed by atoms with Crippen molar-refractivity contribution in [1.29, 1.82) is 0 Å². The zero-order chi connectivity index (χ0) is 25.0. The van der Waals surface area contributed by atoms with E-state index in [9.17, 15) is 18.0 Å². The van der Waals surface area contributed by atoms with Crippen molar-refractivity contribution in [1.82, 2.24) is 5.32 Å². The molecule has 4 rings (SSSR count). The molecule has 1 fully saturated rings. The van der Waals surface area contributed by atoms with E-state index in [1.165, 1.54) is 25.3 Å². The number of aliphatic imine (C=N–C) groups is 1. The van der Waals surface area contributed by atoms with Gasteiger partial charge in [-0.3, -0.25) is 4.79 Å². The Morgan fingerprint density at radius 3 is 2.51 bits per heavy atom. The molecule has 0 unspecified atom stereocenters. The number of benzene rings is 3. The van der Waals surface area contributed by atoms with Crippen LogP contribution in [0.4, 0.5) is 18.9 Å². The van der Waals surface area contributed by atoms with Crippen molar-refractivity contribution in [2.45, 2.75) is 12.8 Å². The molecule has 180 valence electrons. The number of amides is 1. The number of methoxy groups -OCH3 is 1. The van der Waals surface area contributed by atoms with Gasteiger partial charge < -0.3 is 14.8 Å². The highest BCUT2D eigenvalue weighted by molar-refractivity contribution is 8.18. The number of amidine groups is 1. The molecule has 1 heterocycles. The minimum atomic E-state index is -4.56. The summed E-state index contributed by atoms with van der Waals surface area (Å²) in [5.74, 6) is 0.518. The van der Waals surface area contributed by atoms with E-state index in [1.54, 1.807) is 36.4 Å². The molecule has 0 saturated carbocycles. The summed E-state index contributed by atoms with van der Waals surface area (Å²) in [7, 11) is 1.50. The zero-order valence-corrected chi connectivity index (χ0v) is 19.8. The van der Waals surface area contributed by atoms with Crippen LogP contribution in [0.25, 0.3) is 6.08 Å². The Morgan fingerprint density at radius 1 is 1.06 bits per heavy atom. The zero-order valence-electron chi connectivity index (χ0n) is 18.2. The second-order valence-corrected chi connectivity index (χ2v) is 8.79. The predicted molar refractivity (Wildman–Crippen MR) is 131 cm³/mol. The van der Waals surface area contributed by atoms with Crippen molar-refractivity contribution >= 4 is 46.2 Å². The lowest BCUT2D eigenvalue weighted by Gasteiger charge is -2.11. The average molecular weight is 519 g/mol. The molecular formula is C25H18ClF3N2O3S. The maximum absolute atomic E-state index is 13.2. The van der Waals surface area contributed by atoms with Crippen LogP contribution in [0.1, 0.15) is 16.7 Å². The Bertz CT molecular complexity index is 1310. The monoisotopic (exact) mass is 518 g/mol. The van der Waals surface area contributed by atoms with Crippen molar-refractivity contribution in [2.24, 2.45) is 4.99 Å². The molecular weight excluding hydrogens is 501 g/mol. The summed E-state index contributed by atoms with van der Waals surface area (Å²) in [6.07, 6.45) is -2.95. The average Bonchev–Trinajstić information content (AvgIpc) is 3.17. The molecule has 1 aliphatic rings. The molecule has 1 amide bonds. The first kappa shape index (κ1) is 24.7. The van der Waals surface area contributed by atoms with Crippen LogP contribution in [-0.2, 0) is 17.6 Å². The lowest BCUT2D eigenvalue weighted by atomic mass is 10.2. The standard InChI is InChI=1S/C25H18ClF3N2O3S/c1-33-21-12-16(8-11-20(21)34-14-15-6-9-17(26)10-7-15)13-22-23(32)31-24(35-22)30-19-5-3-2-4-18(19)25(27,28)29/h2-13H,14H2,1H3,(H,30,31,32). The molecule has 35 heavy (non-hydrogen) atoms. The molecule has 1 N–H and O–H groups in total. The minimum Gasteiger partial charge on any atom is -0.493 e. The molecule has 5 nitrogen and oxygen atoms in total. The van der Waals surface area contributed by atoms with E-state index in [1.807, 2.05) is 12.1 Å². The molecule has 0 radical (unpaired) electrons. The number of nitrogens with one attached hydrogen (secondary N) is 1. The summed E-state index contributed by atoms with van der Waals surface area (Å²) < 4.78 is 51.0. The van der Waals surface area contributed by atoms with Crippen LogP contribution in [0.15, 0.2) is 76.6 Å². The molecule has 0 bridgehead atoms. The molecule has 0 spiro atoms. The summed E-state index contributed by atoms with van der Waals surface area (Å²) in [5, 5.41) is 3.20. The quantitative estimate of drug-likeness (QED) is 0.363. The Balaban J connectivity index is 1.51. The molecule has 0 aliphatic carbocycles. The Morgan fingerprint density at radius 2 is 1.80 bits per heavy atom. The second-order valence-electron chi connectivity index (χ2n) is 7.32. The lowest BCUT2D eigenvalue weighted by molar-refractivity contribution is -0.137. The topological polar surface area (TPSA) is 59.9 Å². The Kier molecular flexibility index (Phi) is 7.37. The summed E-state index contributed by atoms with van der Waals surface area (Å²) in [6.45, 7) is 0.311. The lowest BCUT2D eigenvalue weighted by Crippen LogP contribution is -2.19. The van der Waals surface area contributed by atoms with Gasteiger partial charge in [0, 0.05) is 5.02 Å². The number of thioether (sulfide) groups is 1. The van der Waals surface area contributed by atoms with Gasteiger partial charge in [-0.1, -0.05) is 41.9 Å². The number of hydrogen-bond acceptors (Lipinski definition) is 5.